The van der Waals surface area contributed by atoms with Gasteiger partial charge in [-0.2, -0.15) is 0 Å². The Balaban J connectivity index is 1.72. The number of carbonyl (C=O) groups excluding carboxylic acids is 2. The average Bonchev–Trinajstić information content (AvgIpc) is 3.15. The van der Waals surface area contributed by atoms with Gasteiger partial charge >= 0.3 is 6.09 Å². The second-order valence-corrected chi connectivity index (χ2v) is 7.36. The van der Waals surface area contributed by atoms with Crippen molar-refractivity contribution in [3.05, 3.63) is 35.6 Å². The Bertz CT molecular complexity index is 658. The highest BCUT2D eigenvalue weighted by atomic mass is 19.1. The SMILES string of the molecule is COC(=O)N1CCCC[C@@H]1C(=O)NCC1(c2ccccc2F)CCCC1. The van der Waals surface area contributed by atoms with E-state index < -0.39 is 12.1 Å². The van der Waals surface area contributed by atoms with Crippen LogP contribution < -0.4 is 5.32 Å². The molecule has 1 heterocycles. The van der Waals surface area contributed by atoms with Crippen LogP contribution >= 0.6 is 0 Å². The van der Waals surface area contributed by atoms with Crippen LogP contribution in [0.4, 0.5) is 9.18 Å². The first-order valence-corrected chi connectivity index (χ1v) is 9.45. The molecule has 26 heavy (non-hydrogen) atoms. The topological polar surface area (TPSA) is 58.6 Å². The number of likely N-dealkylation sites (tertiary alicyclic amines) is 1. The van der Waals surface area contributed by atoms with Crippen molar-refractivity contribution in [2.45, 2.75) is 56.4 Å². The molecule has 1 atom stereocenters. The fourth-order valence-corrected chi connectivity index (χ4v) is 4.40. The number of rotatable bonds is 4. The molecule has 0 radical (unpaired) electrons. The number of methoxy groups -OCH3 is 1. The summed E-state index contributed by atoms with van der Waals surface area (Å²) in [5, 5.41) is 3.01. The van der Waals surface area contributed by atoms with Crippen molar-refractivity contribution in [1.82, 2.24) is 10.2 Å². The van der Waals surface area contributed by atoms with Crippen LogP contribution in [0.2, 0.25) is 0 Å². The number of hydrogen-bond acceptors (Lipinski definition) is 3. The maximum atomic E-state index is 14.4. The maximum absolute atomic E-state index is 14.4. The summed E-state index contributed by atoms with van der Waals surface area (Å²) in [6.07, 6.45) is 5.73. The van der Waals surface area contributed by atoms with E-state index in [1.807, 2.05) is 12.1 Å². The zero-order valence-electron chi connectivity index (χ0n) is 15.3. The van der Waals surface area contributed by atoms with Crippen LogP contribution in [0, 0.1) is 5.82 Å². The summed E-state index contributed by atoms with van der Waals surface area (Å²) in [4.78, 5) is 26.2. The lowest BCUT2D eigenvalue weighted by atomic mass is 9.78. The lowest BCUT2D eigenvalue weighted by molar-refractivity contribution is -0.127. The molecule has 2 aliphatic rings. The highest BCUT2D eigenvalue weighted by Crippen LogP contribution is 2.41. The summed E-state index contributed by atoms with van der Waals surface area (Å²) < 4.78 is 19.2. The largest absolute Gasteiger partial charge is 0.453 e. The lowest BCUT2D eigenvalue weighted by Crippen LogP contribution is -2.53. The molecule has 1 saturated heterocycles. The molecule has 0 unspecified atom stereocenters. The van der Waals surface area contributed by atoms with Crippen molar-refractivity contribution in [3.8, 4) is 0 Å². The van der Waals surface area contributed by atoms with Crippen molar-refractivity contribution >= 4 is 12.0 Å². The Morgan fingerprint density at radius 1 is 1.23 bits per heavy atom. The molecule has 3 rings (SSSR count). The molecule has 1 aliphatic carbocycles. The molecule has 1 aromatic carbocycles. The van der Waals surface area contributed by atoms with Crippen molar-refractivity contribution in [1.29, 1.82) is 0 Å². The van der Waals surface area contributed by atoms with E-state index in [2.05, 4.69) is 5.32 Å². The van der Waals surface area contributed by atoms with Crippen molar-refractivity contribution in [3.63, 3.8) is 0 Å². The van der Waals surface area contributed by atoms with Gasteiger partial charge in [0.1, 0.15) is 11.9 Å². The third-order valence-corrected chi connectivity index (χ3v) is 5.82. The van der Waals surface area contributed by atoms with Crippen LogP contribution in [0.15, 0.2) is 24.3 Å². The van der Waals surface area contributed by atoms with Gasteiger partial charge in [-0.25, -0.2) is 9.18 Å². The summed E-state index contributed by atoms with van der Waals surface area (Å²) in [7, 11) is 1.33. The first kappa shape index (κ1) is 18.7. The average molecular weight is 362 g/mol. The first-order valence-electron chi connectivity index (χ1n) is 9.45. The Hall–Kier alpha value is -2.11. The quantitative estimate of drug-likeness (QED) is 0.893. The Kier molecular flexibility index (Phi) is 5.79. The third kappa shape index (κ3) is 3.69. The van der Waals surface area contributed by atoms with Gasteiger partial charge in [0.2, 0.25) is 5.91 Å². The minimum absolute atomic E-state index is 0.169. The van der Waals surface area contributed by atoms with E-state index >= 15 is 0 Å². The molecule has 0 bridgehead atoms. The van der Waals surface area contributed by atoms with Gasteiger partial charge in [0.25, 0.3) is 0 Å². The smallest absolute Gasteiger partial charge is 0.410 e. The zero-order valence-corrected chi connectivity index (χ0v) is 15.3. The number of amides is 2. The van der Waals surface area contributed by atoms with Crippen LogP contribution in [0.25, 0.3) is 0 Å². The molecule has 0 spiro atoms. The number of nitrogens with one attached hydrogen (secondary N) is 1. The molecule has 1 saturated carbocycles. The van der Waals surface area contributed by atoms with Crippen LogP contribution in [-0.4, -0.2) is 43.1 Å². The van der Waals surface area contributed by atoms with Gasteiger partial charge in [-0.05, 0) is 43.7 Å². The van der Waals surface area contributed by atoms with Gasteiger partial charge in [-0.15, -0.1) is 0 Å². The lowest BCUT2D eigenvalue weighted by Gasteiger charge is -2.35. The van der Waals surface area contributed by atoms with E-state index in [0.29, 0.717) is 25.1 Å². The van der Waals surface area contributed by atoms with Crippen LogP contribution in [-0.2, 0) is 14.9 Å². The minimum atomic E-state index is -0.504. The number of benzene rings is 1. The van der Waals surface area contributed by atoms with Crippen LogP contribution in [0.1, 0.15) is 50.5 Å². The molecule has 5 nitrogen and oxygen atoms in total. The molecule has 0 aromatic heterocycles. The number of halogens is 1. The summed E-state index contributed by atoms with van der Waals surface area (Å²) in [5.41, 5.74) is 0.331. The fraction of sp³-hybridized carbons (Fsp3) is 0.600. The van der Waals surface area contributed by atoms with E-state index in [0.717, 1.165) is 38.5 Å². The summed E-state index contributed by atoms with van der Waals surface area (Å²) >= 11 is 0. The fourth-order valence-electron chi connectivity index (χ4n) is 4.40. The highest BCUT2D eigenvalue weighted by molar-refractivity contribution is 5.85. The minimum Gasteiger partial charge on any atom is -0.453 e. The Morgan fingerprint density at radius 2 is 1.96 bits per heavy atom. The van der Waals surface area contributed by atoms with Crippen LogP contribution in [0.3, 0.4) is 0 Å². The standard InChI is InChI=1S/C20H27FN2O3/c1-26-19(25)23-13-7-4-10-17(23)18(24)22-14-20(11-5-6-12-20)15-8-2-3-9-16(15)21/h2-3,8-9,17H,4-7,10-14H2,1H3,(H,22,24)/t17-/m1/s1. The zero-order chi connectivity index (χ0) is 18.6. The molecule has 1 aliphatic heterocycles. The van der Waals surface area contributed by atoms with E-state index in [1.54, 1.807) is 6.07 Å². The van der Waals surface area contributed by atoms with Gasteiger partial charge in [0.05, 0.1) is 7.11 Å². The predicted octanol–water partition coefficient (Wildman–Crippen LogP) is 3.37. The molecule has 6 heteroatoms. The second kappa shape index (κ2) is 8.06. The van der Waals surface area contributed by atoms with Crippen molar-refractivity contribution in [2.24, 2.45) is 0 Å². The third-order valence-electron chi connectivity index (χ3n) is 5.82. The molecule has 142 valence electrons. The van der Waals surface area contributed by atoms with Gasteiger partial charge in [0, 0.05) is 18.5 Å². The maximum Gasteiger partial charge on any atom is 0.410 e. The summed E-state index contributed by atoms with van der Waals surface area (Å²) in [5.74, 6) is -0.379. The molecular formula is C20H27FN2O3. The summed E-state index contributed by atoms with van der Waals surface area (Å²) in [6.45, 7) is 0.932. The van der Waals surface area contributed by atoms with Gasteiger partial charge < -0.3 is 10.1 Å². The van der Waals surface area contributed by atoms with E-state index in [4.69, 9.17) is 4.74 Å². The van der Waals surface area contributed by atoms with Crippen LogP contribution in [0.5, 0.6) is 0 Å². The van der Waals surface area contributed by atoms with Gasteiger partial charge in [-0.1, -0.05) is 31.0 Å². The molecule has 2 amide bonds. The Morgan fingerprint density at radius 3 is 2.65 bits per heavy atom. The van der Waals surface area contributed by atoms with Gasteiger partial charge in [0.15, 0.2) is 0 Å². The van der Waals surface area contributed by atoms with Crippen molar-refractivity contribution < 1.29 is 18.7 Å². The molecule has 1 N–H and O–H groups in total. The first-order chi connectivity index (χ1) is 12.6. The molecule has 2 fully saturated rings. The number of carbonyl (C=O) groups is 2. The Labute approximate surface area is 153 Å². The summed E-state index contributed by atoms with van der Waals surface area (Å²) in [6, 6.07) is 6.35. The number of piperidine rings is 1. The molecule has 1 aromatic rings. The van der Waals surface area contributed by atoms with E-state index in [9.17, 15) is 14.0 Å². The molecular weight excluding hydrogens is 335 g/mol. The normalized spacial score (nSPS) is 22.1. The second-order valence-electron chi connectivity index (χ2n) is 7.36. The van der Waals surface area contributed by atoms with Gasteiger partial charge in [-0.3, -0.25) is 9.69 Å². The van der Waals surface area contributed by atoms with E-state index in [-0.39, 0.29) is 17.1 Å². The number of hydrogen-bond donors (Lipinski definition) is 1. The predicted molar refractivity (Wildman–Crippen MR) is 96.3 cm³/mol. The van der Waals surface area contributed by atoms with Crippen molar-refractivity contribution in [2.75, 3.05) is 20.2 Å². The monoisotopic (exact) mass is 362 g/mol. The van der Waals surface area contributed by atoms with E-state index in [1.165, 1.54) is 18.1 Å². The number of ether oxygens (including phenoxy) is 1. The highest BCUT2D eigenvalue weighted by Gasteiger charge is 2.39. The number of nitrogens with zero attached hydrogens (tertiary/aromatic N) is 1.